The summed E-state index contributed by atoms with van der Waals surface area (Å²) in [6, 6.07) is 5.99. The summed E-state index contributed by atoms with van der Waals surface area (Å²) in [4.78, 5) is 60.2. The van der Waals surface area contributed by atoms with Crippen LogP contribution >= 0.6 is 0 Å². The Bertz CT molecular complexity index is 1390. The molecule has 0 bridgehead atoms. The van der Waals surface area contributed by atoms with E-state index in [-0.39, 0.29) is 56.8 Å². The molecule has 14 heteroatoms. The second-order valence-corrected chi connectivity index (χ2v) is 8.37. The van der Waals surface area contributed by atoms with Gasteiger partial charge in [0, 0.05) is 32.4 Å². The molecule has 188 valence electrons. The van der Waals surface area contributed by atoms with Crippen LogP contribution < -0.4 is 26.5 Å². The van der Waals surface area contributed by atoms with Crippen molar-refractivity contribution in [1.82, 2.24) is 29.2 Å². The van der Waals surface area contributed by atoms with Gasteiger partial charge in [0.25, 0.3) is 0 Å². The number of cyclic esters (lactones) is 1. The third-order valence-corrected chi connectivity index (χ3v) is 6.07. The van der Waals surface area contributed by atoms with Crippen LogP contribution in [0.5, 0.6) is 0 Å². The summed E-state index contributed by atoms with van der Waals surface area (Å²) in [5.74, 6) is -0.794. The average Bonchev–Trinajstić information content (AvgIpc) is 3.23. The van der Waals surface area contributed by atoms with Crippen molar-refractivity contribution in [3.8, 4) is 5.95 Å². The standard InChI is InChI=1S/C22H23FN8O5/c1-14(32)26-12-16-13-28(22(35)36-16)15-3-4-18(17(23)11-15)27-7-9-29-20(33)31(19-24-5-2-6-25-19)21(34)30(29)10-8-27/h2-6,11,16H,7-10,12-13H2,1H3,(H,26,32)/t16-/m0/s1. The summed E-state index contributed by atoms with van der Waals surface area (Å²) in [7, 11) is 0. The van der Waals surface area contributed by atoms with E-state index >= 15 is 4.39 Å². The third kappa shape index (κ3) is 4.21. The number of anilines is 2. The zero-order valence-corrected chi connectivity index (χ0v) is 19.3. The van der Waals surface area contributed by atoms with Crippen molar-refractivity contribution in [2.75, 3.05) is 36.0 Å². The Morgan fingerprint density at radius 1 is 1.08 bits per heavy atom. The van der Waals surface area contributed by atoms with Crippen molar-refractivity contribution in [3.05, 3.63) is 63.4 Å². The summed E-state index contributed by atoms with van der Waals surface area (Å²) in [6.07, 6.45) is 1.74. The first-order chi connectivity index (χ1) is 17.3. The maximum atomic E-state index is 15.2. The smallest absolute Gasteiger partial charge is 0.414 e. The molecule has 0 spiro atoms. The molecule has 0 saturated carbocycles. The molecule has 2 aliphatic rings. The maximum Gasteiger partial charge on any atom is 0.414 e. The van der Waals surface area contributed by atoms with Gasteiger partial charge in [0.2, 0.25) is 11.9 Å². The Hall–Kier alpha value is -4.49. The van der Waals surface area contributed by atoms with Gasteiger partial charge in [-0.1, -0.05) is 0 Å². The average molecular weight is 498 g/mol. The molecule has 2 aliphatic heterocycles. The second-order valence-electron chi connectivity index (χ2n) is 8.37. The van der Waals surface area contributed by atoms with Gasteiger partial charge >= 0.3 is 17.5 Å². The molecule has 2 aromatic heterocycles. The third-order valence-electron chi connectivity index (χ3n) is 6.07. The van der Waals surface area contributed by atoms with Gasteiger partial charge in [-0.25, -0.2) is 38.1 Å². The van der Waals surface area contributed by atoms with Crippen molar-refractivity contribution in [2.24, 2.45) is 0 Å². The molecule has 4 heterocycles. The van der Waals surface area contributed by atoms with E-state index in [0.29, 0.717) is 5.69 Å². The first-order valence-electron chi connectivity index (χ1n) is 11.3. The highest BCUT2D eigenvalue weighted by Gasteiger charge is 2.33. The predicted octanol–water partition coefficient (Wildman–Crippen LogP) is -0.289. The molecule has 1 saturated heterocycles. The zero-order chi connectivity index (χ0) is 25.4. The van der Waals surface area contributed by atoms with Crippen molar-refractivity contribution in [2.45, 2.75) is 26.1 Å². The molecule has 1 atom stereocenters. The van der Waals surface area contributed by atoms with Gasteiger partial charge in [-0.2, -0.15) is 4.57 Å². The van der Waals surface area contributed by atoms with E-state index in [2.05, 4.69) is 15.3 Å². The number of ether oxygens (including phenoxy) is 1. The predicted molar refractivity (Wildman–Crippen MR) is 125 cm³/mol. The maximum absolute atomic E-state index is 15.2. The first kappa shape index (κ1) is 23.3. The highest BCUT2D eigenvalue weighted by molar-refractivity contribution is 5.90. The fourth-order valence-electron chi connectivity index (χ4n) is 4.33. The van der Waals surface area contributed by atoms with Crippen LogP contribution in [0.1, 0.15) is 6.92 Å². The van der Waals surface area contributed by atoms with Crippen molar-refractivity contribution >= 4 is 23.4 Å². The Balaban J connectivity index is 1.32. The van der Waals surface area contributed by atoms with Gasteiger partial charge in [-0.05, 0) is 24.3 Å². The zero-order valence-electron chi connectivity index (χ0n) is 19.3. The molecule has 1 fully saturated rings. The molecule has 13 nitrogen and oxygen atoms in total. The molecule has 0 radical (unpaired) electrons. The SMILES string of the molecule is CC(=O)NC[C@H]1CN(c2ccc(N3CCn4c(=O)n(-c5ncccn5)c(=O)n4CC3)c(F)c2)C(=O)O1. The lowest BCUT2D eigenvalue weighted by Crippen LogP contribution is -2.34. The Morgan fingerprint density at radius 2 is 1.75 bits per heavy atom. The van der Waals surface area contributed by atoms with Crippen LogP contribution in [0, 0.1) is 5.82 Å². The van der Waals surface area contributed by atoms with Crippen molar-refractivity contribution in [1.29, 1.82) is 0 Å². The normalized spacial score (nSPS) is 17.5. The summed E-state index contributed by atoms with van der Waals surface area (Å²) >= 11 is 0. The van der Waals surface area contributed by atoms with E-state index in [9.17, 15) is 19.2 Å². The molecule has 36 heavy (non-hydrogen) atoms. The highest BCUT2D eigenvalue weighted by atomic mass is 19.1. The van der Waals surface area contributed by atoms with Crippen LogP contribution in [-0.4, -0.2) is 68.2 Å². The number of carbonyl (C=O) groups excluding carboxylic acids is 2. The lowest BCUT2D eigenvalue weighted by Gasteiger charge is -2.23. The molecule has 0 aliphatic carbocycles. The summed E-state index contributed by atoms with van der Waals surface area (Å²) in [6.45, 7) is 2.57. The van der Waals surface area contributed by atoms with Crippen LogP contribution in [0.25, 0.3) is 5.95 Å². The Labute approximate surface area is 203 Å². The van der Waals surface area contributed by atoms with Crippen molar-refractivity contribution < 1.29 is 18.7 Å². The van der Waals surface area contributed by atoms with E-state index in [1.807, 2.05) is 0 Å². The summed E-state index contributed by atoms with van der Waals surface area (Å²) < 4.78 is 23.9. The van der Waals surface area contributed by atoms with Crippen LogP contribution in [0.2, 0.25) is 0 Å². The largest absolute Gasteiger partial charge is 0.442 e. The van der Waals surface area contributed by atoms with Gasteiger partial charge in [0.15, 0.2) is 0 Å². The molecule has 2 amide bonds. The number of hydrogen-bond donors (Lipinski definition) is 1. The number of hydrogen-bond acceptors (Lipinski definition) is 8. The fraction of sp³-hybridized carbons (Fsp3) is 0.364. The number of carbonyl (C=O) groups is 2. The van der Waals surface area contributed by atoms with E-state index in [4.69, 9.17) is 4.74 Å². The first-order valence-corrected chi connectivity index (χ1v) is 11.3. The lowest BCUT2D eigenvalue weighted by molar-refractivity contribution is -0.119. The number of rotatable bonds is 5. The van der Waals surface area contributed by atoms with Crippen LogP contribution in [0.3, 0.4) is 0 Å². The number of aromatic nitrogens is 5. The highest BCUT2D eigenvalue weighted by Crippen LogP contribution is 2.28. The summed E-state index contributed by atoms with van der Waals surface area (Å²) in [5, 5.41) is 2.59. The second kappa shape index (κ2) is 9.28. The lowest BCUT2D eigenvalue weighted by atomic mass is 10.2. The van der Waals surface area contributed by atoms with E-state index in [1.54, 1.807) is 23.1 Å². The number of fused-ring (bicyclic) bond motifs is 1. The minimum atomic E-state index is -0.621. The molecule has 1 aromatic carbocycles. The Morgan fingerprint density at radius 3 is 2.36 bits per heavy atom. The number of amides is 2. The molecule has 5 rings (SSSR count). The van der Waals surface area contributed by atoms with E-state index in [1.165, 1.54) is 39.6 Å². The molecular formula is C22H23FN8O5. The molecular weight excluding hydrogens is 475 g/mol. The molecule has 1 N–H and O–H groups in total. The van der Waals surface area contributed by atoms with Gasteiger partial charge < -0.3 is 15.0 Å². The molecule has 3 aromatic rings. The topological polar surface area (TPSA) is 137 Å². The van der Waals surface area contributed by atoms with Gasteiger partial charge in [-0.3, -0.25) is 9.69 Å². The van der Waals surface area contributed by atoms with Crippen LogP contribution in [0.4, 0.5) is 20.6 Å². The fourth-order valence-corrected chi connectivity index (χ4v) is 4.33. The van der Waals surface area contributed by atoms with Crippen LogP contribution in [-0.2, 0) is 22.6 Å². The minimum absolute atomic E-state index is 0.00110. The number of nitrogens with zero attached hydrogens (tertiary/aromatic N) is 7. The quantitative estimate of drug-likeness (QED) is 0.507. The van der Waals surface area contributed by atoms with E-state index in [0.717, 1.165) is 4.57 Å². The van der Waals surface area contributed by atoms with Gasteiger partial charge in [0.05, 0.1) is 37.6 Å². The van der Waals surface area contributed by atoms with Gasteiger partial charge in [0.1, 0.15) is 11.9 Å². The van der Waals surface area contributed by atoms with Gasteiger partial charge in [-0.15, -0.1) is 0 Å². The number of benzene rings is 1. The minimum Gasteiger partial charge on any atom is -0.442 e. The van der Waals surface area contributed by atoms with Crippen LogP contribution in [0.15, 0.2) is 46.2 Å². The van der Waals surface area contributed by atoms with E-state index < -0.39 is 29.4 Å². The molecule has 0 unspecified atom stereocenters. The summed E-state index contributed by atoms with van der Waals surface area (Å²) in [5.41, 5.74) is -0.517. The Kier molecular flexibility index (Phi) is 6.00. The monoisotopic (exact) mass is 498 g/mol. The number of halogens is 1. The number of nitrogens with one attached hydrogen (secondary N) is 1. The van der Waals surface area contributed by atoms with Crippen molar-refractivity contribution in [3.63, 3.8) is 0 Å².